The van der Waals surface area contributed by atoms with Crippen molar-refractivity contribution in [2.75, 3.05) is 6.79 Å². The molecular weight excluding hydrogens is 340 g/mol. The van der Waals surface area contributed by atoms with E-state index in [1.807, 2.05) is 72.8 Å². The van der Waals surface area contributed by atoms with Crippen LogP contribution in [0.3, 0.4) is 0 Å². The highest BCUT2D eigenvalue weighted by Gasteiger charge is 2.32. The van der Waals surface area contributed by atoms with Crippen molar-refractivity contribution in [3.63, 3.8) is 0 Å². The molecule has 2 heterocycles. The van der Waals surface area contributed by atoms with Gasteiger partial charge in [-0.25, -0.2) is 0 Å². The van der Waals surface area contributed by atoms with Crippen molar-refractivity contribution < 1.29 is 19.0 Å². The molecule has 0 saturated carbocycles. The molecule has 0 fully saturated rings. The maximum Gasteiger partial charge on any atom is 0.231 e. The van der Waals surface area contributed by atoms with Gasteiger partial charge in [-0.3, -0.25) is 4.79 Å². The Bertz CT molecular complexity index is 1050. The van der Waals surface area contributed by atoms with Crippen LogP contribution >= 0.6 is 0 Å². The second-order valence-corrected chi connectivity index (χ2v) is 6.45. The third kappa shape index (κ3) is 2.75. The maximum absolute atomic E-state index is 13.2. The SMILES string of the molecule is O=C1/C(=C\c2ccc3c(c2)OCO3)[C@@H](c2ccccc2)Oc2ccccc21. The van der Waals surface area contributed by atoms with E-state index in [0.29, 0.717) is 28.4 Å². The minimum Gasteiger partial charge on any atom is -0.480 e. The highest BCUT2D eigenvalue weighted by atomic mass is 16.7. The molecular formula is C23H16O4. The predicted octanol–water partition coefficient (Wildman–Crippen LogP) is 4.82. The maximum atomic E-state index is 13.2. The summed E-state index contributed by atoms with van der Waals surface area (Å²) in [4.78, 5) is 13.2. The van der Waals surface area contributed by atoms with Crippen LogP contribution < -0.4 is 14.2 Å². The van der Waals surface area contributed by atoms with Crippen LogP contribution in [0.5, 0.6) is 17.2 Å². The van der Waals surface area contributed by atoms with Crippen molar-refractivity contribution >= 4 is 11.9 Å². The fourth-order valence-electron chi connectivity index (χ4n) is 3.42. The number of rotatable bonds is 2. The van der Waals surface area contributed by atoms with Crippen LogP contribution in [0.4, 0.5) is 0 Å². The molecule has 3 aromatic carbocycles. The van der Waals surface area contributed by atoms with Gasteiger partial charge in [0.1, 0.15) is 5.75 Å². The lowest BCUT2D eigenvalue weighted by Gasteiger charge is -2.28. The van der Waals surface area contributed by atoms with Gasteiger partial charge < -0.3 is 14.2 Å². The number of ether oxygens (including phenoxy) is 3. The van der Waals surface area contributed by atoms with E-state index in [1.165, 1.54) is 0 Å². The summed E-state index contributed by atoms with van der Waals surface area (Å²) in [5.41, 5.74) is 2.98. The topological polar surface area (TPSA) is 44.8 Å². The minimum absolute atomic E-state index is 0.0247. The second kappa shape index (κ2) is 6.32. The average molecular weight is 356 g/mol. The molecule has 0 aromatic heterocycles. The van der Waals surface area contributed by atoms with Gasteiger partial charge in [0, 0.05) is 5.57 Å². The molecule has 0 N–H and O–H groups in total. The summed E-state index contributed by atoms with van der Waals surface area (Å²) < 4.78 is 17.0. The molecule has 132 valence electrons. The first-order chi connectivity index (χ1) is 13.3. The summed E-state index contributed by atoms with van der Waals surface area (Å²) in [5.74, 6) is 1.99. The van der Waals surface area contributed by atoms with Crippen LogP contribution in [-0.2, 0) is 0 Å². The number of carbonyl (C=O) groups excluding carboxylic acids is 1. The second-order valence-electron chi connectivity index (χ2n) is 6.45. The first-order valence-electron chi connectivity index (χ1n) is 8.76. The van der Waals surface area contributed by atoms with Crippen LogP contribution in [0.15, 0.2) is 78.4 Å². The molecule has 0 radical (unpaired) electrons. The van der Waals surface area contributed by atoms with Crippen LogP contribution in [-0.4, -0.2) is 12.6 Å². The summed E-state index contributed by atoms with van der Waals surface area (Å²) in [6, 6.07) is 22.8. The molecule has 4 heteroatoms. The number of carbonyl (C=O) groups is 1. The van der Waals surface area contributed by atoms with E-state index < -0.39 is 6.10 Å². The Kier molecular flexibility index (Phi) is 3.68. The summed E-state index contributed by atoms with van der Waals surface area (Å²) >= 11 is 0. The zero-order valence-electron chi connectivity index (χ0n) is 14.4. The van der Waals surface area contributed by atoms with Gasteiger partial charge in [0.15, 0.2) is 23.4 Å². The standard InChI is InChI=1S/C23H16O4/c24-22-17-8-4-5-9-19(17)27-23(16-6-2-1-3-7-16)18(22)12-15-10-11-20-21(13-15)26-14-25-20/h1-13,23H,14H2/b18-12+/t23-/m1/s1. The molecule has 3 aromatic rings. The third-order valence-electron chi connectivity index (χ3n) is 4.74. The molecule has 27 heavy (non-hydrogen) atoms. The van der Waals surface area contributed by atoms with E-state index in [4.69, 9.17) is 14.2 Å². The van der Waals surface area contributed by atoms with Gasteiger partial charge in [-0.2, -0.15) is 0 Å². The van der Waals surface area contributed by atoms with Gasteiger partial charge in [0.25, 0.3) is 0 Å². The molecule has 0 saturated heterocycles. The van der Waals surface area contributed by atoms with Gasteiger partial charge in [0.05, 0.1) is 5.56 Å². The number of fused-ring (bicyclic) bond motifs is 2. The highest BCUT2D eigenvalue weighted by molar-refractivity contribution is 6.14. The van der Waals surface area contributed by atoms with Gasteiger partial charge in [0.2, 0.25) is 6.79 Å². The van der Waals surface area contributed by atoms with Gasteiger partial charge in [-0.05, 0) is 41.5 Å². The van der Waals surface area contributed by atoms with E-state index in [1.54, 1.807) is 6.07 Å². The Balaban J connectivity index is 1.63. The van der Waals surface area contributed by atoms with Crippen LogP contribution in [0.2, 0.25) is 0 Å². The summed E-state index contributed by atoms with van der Waals surface area (Å²) in [7, 11) is 0. The molecule has 2 aliphatic rings. The lowest BCUT2D eigenvalue weighted by Crippen LogP contribution is -2.23. The quantitative estimate of drug-likeness (QED) is 0.618. The monoisotopic (exact) mass is 356 g/mol. The van der Waals surface area contributed by atoms with Gasteiger partial charge in [-0.15, -0.1) is 0 Å². The van der Waals surface area contributed by atoms with Crippen LogP contribution in [0.1, 0.15) is 27.6 Å². The molecule has 4 nitrogen and oxygen atoms in total. The van der Waals surface area contributed by atoms with E-state index in [-0.39, 0.29) is 12.6 Å². The highest BCUT2D eigenvalue weighted by Crippen LogP contribution is 2.40. The van der Waals surface area contributed by atoms with Crippen molar-refractivity contribution in [1.29, 1.82) is 0 Å². The number of Topliss-reactive ketones (excluding diaryl/α,β-unsaturated/α-hetero) is 1. The fourth-order valence-corrected chi connectivity index (χ4v) is 3.42. The van der Waals surface area contributed by atoms with Crippen LogP contribution in [0, 0.1) is 0 Å². The van der Waals surface area contributed by atoms with E-state index in [0.717, 1.165) is 11.1 Å². The predicted molar refractivity (Wildman–Crippen MR) is 101 cm³/mol. The molecule has 0 bridgehead atoms. The van der Waals surface area contributed by atoms with Gasteiger partial charge >= 0.3 is 0 Å². The smallest absolute Gasteiger partial charge is 0.231 e. The Morgan fingerprint density at radius 3 is 2.48 bits per heavy atom. The average Bonchev–Trinajstić information content (AvgIpc) is 3.18. The molecule has 1 atom stereocenters. The van der Waals surface area contributed by atoms with Crippen molar-refractivity contribution in [3.8, 4) is 17.2 Å². The number of hydrogen-bond acceptors (Lipinski definition) is 4. The molecule has 0 amide bonds. The lowest BCUT2D eigenvalue weighted by molar-refractivity contribution is 0.0963. The number of ketones is 1. The zero-order chi connectivity index (χ0) is 18.2. The first kappa shape index (κ1) is 15.7. The molecule has 0 spiro atoms. The lowest BCUT2D eigenvalue weighted by atomic mass is 9.89. The molecule has 0 unspecified atom stereocenters. The Hall–Kier alpha value is -3.53. The van der Waals surface area contributed by atoms with Crippen molar-refractivity contribution in [3.05, 3.63) is 95.1 Å². The van der Waals surface area contributed by atoms with Crippen molar-refractivity contribution in [2.24, 2.45) is 0 Å². The normalized spacial score (nSPS) is 18.9. The van der Waals surface area contributed by atoms with Crippen LogP contribution in [0.25, 0.3) is 6.08 Å². The van der Waals surface area contributed by atoms with Crippen molar-refractivity contribution in [1.82, 2.24) is 0 Å². The molecule has 0 aliphatic carbocycles. The molecule has 2 aliphatic heterocycles. The first-order valence-corrected chi connectivity index (χ1v) is 8.76. The Morgan fingerprint density at radius 2 is 1.59 bits per heavy atom. The Morgan fingerprint density at radius 1 is 0.815 bits per heavy atom. The van der Waals surface area contributed by atoms with Gasteiger partial charge in [-0.1, -0.05) is 48.5 Å². The molecule has 5 rings (SSSR count). The van der Waals surface area contributed by atoms with E-state index in [9.17, 15) is 4.79 Å². The summed E-state index contributed by atoms with van der Waals surface area (Å²) in [6.45, 7) is 0.220. The largest absolute Gasteiger partial charge is 0.480 e. The number of para-hydroxylation sites is 1. The Labute approximate surface area is 156 Å². The van der Waals surface area contributed by atoms with Crippen molar-refractivity contribution in [2.45, 2.75) is 6.10 Å². The minimum atomic E-state index is -0.459. The number of benzene rings is 3. The summed E-state index contributed by atoms with van der Waals surface area (Å²) in [6.07, 6.45) is 1.41. The third-order valence-corrected chi connectivity index (χ3v) is 4.74. The number of hydrogen-bond donors (Lipinski definition) is 0. The summed E-state index contributed by atoms with van der Waals surface area (Å²) in [5, 5.41) is 0. The van der Waals surface area contributed by atoms with E-state index in [2.05, 4.69) is 0 Å². The van der Waals surface area contributed by atoms with E-state index >= 15 is 0 Å². The zero-order valence-corrected chi connectivity index (χ0v) is 14.4. The fraction of sp³-hybridized carbons (Fsp3) is 0.0870.